The summed E-state index contributed by atoms with van der Waals surface area (Å²) in [4.78, 5) is 16.7. The van der Waals surface area contributed by atoms with Crippen molar-refractivity contribution in [3.05, 3.63) is 59.2 Å². The van der Waals surface area contributed by atoms with Gasteiger partial charge in [-0.05, 0) is 42.2 Å². The van der Waals surface area contributed by atoms with Crippen LogP contribution in [0.3, 0.4) is 0 Å². The molecule has 3 aromatic rings. The summed E-state index contributed by atoms with van der Waals surface area (Å²) < 4.78 is 5.79. The third-order valence-electron chi connectivity index (χ3n) is 3.82. The Morgan fingerprint density at radius 1 is 1.24 bits per heavy atom. The third-order valence-corrected chi connectivity index (χ3v) is 4.72. The topological polar surface area (TPSA) is 55.1 Å². The third kappa shape index (κ3) is 4.42. The first-order valence-corrected chi connectivity index (χ1v) is 9.37. The first-order chi connectivity index (χ1) is 12.0. The molecule has 4 nitrogen and oxygen atoms in total. The SMILES string of the molecule is Cc1cccc2oc(SCc3cccc(C(=O)NCC(C)C)c3)nc12. The molecule has 0 radical (unpaired) electrons. The number of amides is 1. The van der Waals surface area contributed by atoms with Gasteiger partial charge in [-0.2, -0.15) is 0 Å². The van der Waals surface area contributed by atoms with E-state index in [9.17, 15) is 4.79 Å². The summed E-state index contributed by atoms with van der Waals surface area (Å²) in [5.41, 5.74) is 4.58. The van der Waals surface area contributed by atoms with E-state index < -0.39 is 0 Å². The molecule has 0 spiro atoms. The molecule has 1 heterocycles. The summed E-state index contributed by atoms with van der Waals surface area (Å²) in [5.74, 6) is 1.11. The van der Waals surface area contributed by atoms with Gasteiger partial charge in [-0.3, -0.25) is 4.79 Å². The molecule has 0 bridgehead atoms. The lowest BCUT2D eigenvalue weighted by molar-refractivity contribution is 0.0949. The Hall–Kier alpha value is -2.27. The van der Waals surface area contributed by atoms with Gasteiger partial charge < -0.3 is 9.73 Å². The molecule has 0 unspecified atom stereocenters. The lowest BCUT2D eigenvalue weighted by Gasteiger charge is -2.08. The number of carbonyl (C=O) groups is 1. The molecular formula is C20H22N2O2S. The molecule has 0 saturated carbocycles. The number of aromatic nitrogens is 1. The summed E-state index contributed by atoms with van der Waals surface area (Å²) in [6.45, 7) is 6.86. The summed E-state index contributed by atoms with van der Waals surface area (Å²) >= 11 is 1.54. The van der Waals surface area contributed by atoms with Crippen molar-refractivity contribution in [3.63, 3.8) is 0 Å². The van der Waals surface area contributed by atoms with Gasteiger partial charge in [-0.1, -0.05) is 49.9 Å². The molecule has 3 rings (SSSR count). The molecule has 0 aliphatic heterocycles. The highest BCUT2D eigenvalue weighted by Crippen LogP contribution is 2.27. The lowest BCUT2D eigenvalue weighted by atomic mass is 10.1. The molecule has 130 valence electrons. The van der Waals surface area contributed by atoms with Gasteiger partial charge in [0.05, 0.1) is 0 Å². The van der Waals surface area contributed by atoms with Crippen LogP contribution >= 0.6 is 11.8 Å². The van der Waals surface area contributed by atoms with Gasteiger partial charge in [0.15, 0.2) is 5.58 Å². The largest absolute Gasteiger partial charge is 0.431 e. The summed E-state index contributed by atoms with van der Waals surface area (Å²) in [6.07, 6.45) is 0. The van der Waals surface area contributed by atoms with Crippen molar-refractivity contribution in [3.8, 4) is 0 Å². The van der Waals surface area contributed by atoms with Gasteiger partial charge in [0.25, 0.3) is 11.1 Å². The number of thioether (sulfide) groups is 1. The van der Waals surface area contributed by atoms with Crippen molar-refractivity contribution in [2.24, 2.45) is 5.92 Å². The molecule has 1 amide bonds. The van der Waals surface area contributed by atoms with Crippen LogP contribution in [0.1, 0.15) is 35.3 Å². The predicted molar refractivity (Wildman–Crippen MR) is 102 cm³/mol. The Bertz CT molecular complexity index is 886. The van der Waals surface area contributed by atoms with Gasteiger partial charge in [0.1, 0.15) is 5.52 Å². The van der Waals surface area contributed by atoms with Gasteiger partial charge in [0, 0.05) is 17.9 Å². The molecule has 0 atom stereocenters. The van der Waals surface area contributed by atoms with E-state index >= 15 is 0 Å². The van der Waals surface area contributed by atoms with E-state index in [1.165, 1.54) is 11.8 Å². The van der Waals surface area contributed by atoms with Gasteiger partial charge in [-0.25, -0.2) is 4.98 Å². The minimum atomic E-state index is -0.0296. The monoisotopic (exact) mass is 354 g/mol. The van der Waals surface area contributed by atoms with E-state index in [1.54, 1.807) is 0 Å². The highest BCUT2D eigenvalue weighted by Gasteiger charge is 2.10. The maximum absolute atomic E-state index is 12.2. The number of rotatable bonds is 6. The predicted octanol–water partition coefficient (Wildman–Crippen LogP) is 4.81. The Balaban J connectivity index is 1.67. The fourth-order valence-electron chi connectivity index (χ4n) is 2.47. The summed E-state index contributed by atoms with van der Waals surface area (Å²) in [7, 11) is 0. The van der Waals surface area contributed by atoms with Gasteiger partial charge in [0.2, 0.25) is 0 Å². The number of carbonyl (C=O) groups excluding carboxylic acids is 1. The van der Waals surface area contributed by atoms with Crippen LogP contribution in [0.15, 0.2) is 52.1 Å². The van der Waals surface area contributed by atoms with Crippen LogP contribution in [0.4, 0.5) is 0 Å². The summed E-state index contributed by atoms with van der Waals surface area (Å²) in [5, 5.41) is 3.60. The second kappa shape index (κ2) is 7.74. The lowest BCUT2D eigenvalue weighted by Crippen LogP contribution is -2.27. The normalized spacial score (nSPS) is 11.2. The van der Waals surface area contributed by atoms with Crippen LogP contribution in [-0.4, -0.2) is 17.4 Å². The number of fused-ring (bicyclic) bond motifs is 1. The van der Waals surface area contributed by atoms with Crippen LogP contribution in [0.2, 0.25) is 0 Å². The quantitative estimate of drug-likeness (QED) is 0.645. The summed E-state index contributed by atoms with van der Waals surface area (Å²) in [6, 6.07) is 13.6. The average Bonchev–Trinajstić information content (AvgIpc) is 3.03. The maximum Gasteiger partial charge on any atom is 0.257 e. The second-order valence-electron chi connectivity index (χ2n) is 6.49. The van der Waals surface area contributed by atoms with E-state index in [1.807, 2.05) is 49.4 Å². The number of oxazole rings is 1. The van der Waals surface area contributed by atoms with Crippen molar-refractivity contribution in [2.75, 3.05) is 6.54 Å². The first-order valence-electron chi connectivity index (χ1n) is 8.39. The molecule has 0 saturated heterocycles. The Labute approximate surface area is 152 Å². The van der Waals surface area contributed by atoms with Crippen molar-refractivity contribution in [1.29, 1.82) is 0 Å². The standard InChI is InChI=1S/C20H22N2O2S/c1-13(2)11-21-19(23)16-8-5-7-15(10-16)12-25-20-22-18-14(3)6-4-9-17(18)24-20/h4-10,13H,11-12H2,1-3H3,(H,21,23). The molecule has 0 aliphatic carbocycles. The molecule has 0 fully saturated rings. The van der Waals surface area contributed by atoms with Crippen molar-refractivity contribution in [2.45, 2.75) is 31.7 Å². The molecule has 25 heavy (non-hydrogen) atoms. The highest BCUT2D eigenvalue weighted by molar-refractivity contribution is 7.98. The Morgan fingerprint density at radius 2 is 2.04 bits per heavy atom. The van der Waals surface area contributed by atoms with Crippen LogP contribution in [-0.2, 0) is 5.75 Å². The number of hydrogen-bond acceptors (Lipinski definition) is 4. The smallest absolute Gasteiger partial charge is 0.257 e. The van der Waals surface area contributed by atoms with E-state index in [2.05, 4.69) is 24.1 Å². The average molecular weight is 354 g/mol. The van der Waals surface area contributed by atoms with Crippen LogP contribution < -0.4 is 5.32 Å². The molecule has 1 N–H and O–H groups in total. The molecular weight excluding hydrogens is 332 g/mol. The number of para-hydroxylation sites is 1. The maximum atomic E-state index is 12.2. The second-order valence-corrected chi connectivity index (χ2v) is 7.42. The highest BCUT2D eigenvalue weighted by atomic mass is 32.2. The number of nitrogens with one attached hydrogen (secondary N) is 1. The number of hydrogen-bond donors (Lipinski definition) is 1. The Morgan fingerprint density at radius 3 is 2.80 bits per heavy atom. The number of nitrogens with zero attached hydrogens (tertiary/aromatic N) is 1. The molecule has 2 aromatic carbocycles. The van der Waals surface area contributed by atoms with Crippen molar-refractivity contribution < 1.29 is 9.21 Å². The molecule has 1 aromatic heterocycles. The minimum Gasteiger partial charge on any atom is -0.431 e. The molecule has 0 aliphatic rings. The number of benzene rings is 2. The van der Waals surface area contributed by atoms with Crippen LogP contribution in [0.25, 0.3) is 11.1 Å². The van der Waals surface area contributed by atoms with E-state index in [0.29, 0.717) is 29.0 Å². The van der Waals surface area contributed by atoms with Crippen molar-refractivity contribution in [1.82, 2.24) is 10.3 Å². The van der Waals surface area contributed by atoms with Gasteiger partial charge in [-0.15, -0.1) is 0 Å². The number of aryl methyl sites for hydroxylation is 1. The van der Waals surface area contributed by atoms with Crippen LogP contribution in [0, 0.1) is 12.8 Å². The van der Waals surface area contributed by atoms with E-state index in [4.69, 9.17) is 4.42 Å². The van der Waals surface area contributed by atoms with Crippen molar-refractivity contribution >= 4 is 28.8 Å². The fraction of sp³-hybridized carbons (Fsp3) is 0.300. The van der Waals surface area contributed by atoms with E-state index in [-0.39, 0.29) is 5.91 Å². The first kappa shape index (κ1) is 17.5. The molecule has 5 heteroatoms. The minimum absolute atomic E-state index is 0.0296. The van der Waals surface area contributed by atoms with Crippen LogP contribution in [0.5, 0.6) is 0 Å². The zero-order chi connectivity index (χ0) is 17.8. The Kier molecular flexibility index (Phi) is 5.43. The fourth-order valence-corrected chi connectivity index (χ4v) is 3.25. The zero-order valence-corrected chi connectivity index (χ0v) is 15.5. The zero-order valence-electron chi connectivity index (χ0n) is 14.7. The van der Waals surface area contributed by atoms with Gasteiger partial charge >= 0.3 is 0 Å². The van der Waals surface area contributed by atoms with E-state index in [0.717, 1.165) is 22.2 Å².